The van der Waals surface area contributed by atoms with E-state index < -0.39 is 23.9 Å². The Morgan fingerprint density at radius 1 is 0.839 bits per heavy atom. The summed E-state index contributed by atoms with van der Waals surface area (Å²) in [6.07, 6.45) is 12.8. The van der Waals surface area contributed by atoms with Crippen molar-refractivity contribution in [3.8, 4) is 22.9 Å². The molecule has 11 nitrogen and oxygen atoms in total. The minimum atomic E-state index is -0.703. The number of aryl methyl sites for hydroxylation is 4. The Labute approximate surface area is 334 Å². The fourth-order valence-electron chi connectivity index (χ4n) is 6.42. The highest BCUT2D eigenvalue weighted by molar-refractivity contribution is 6.30. The van der Waals surface area contributed by atoms with Crippen molar-refractivity contribution in [1.82, 2.24) is 44.1 Å². The van der Waals surface area contributed by atoms with E-state index in [2.05, 4.69) is 21.8 Å². The number of benzene rings is 1. The van der Waals surface area contributed by atoms with Gasteiger partial charge in [0.1, 0.15) is 23.9 Å². The number of aromatic nitrogens is 9. The van der Waals surface area contributed by atoms with E-state index in [0.717, 1.165) is 28.3 Å². The monoisotopic (exact) mass is 801 g/mol. The summed E-state index contributed by atoms with van der Waals surface area (Å²) in [5.41, 5.74) is 6.48. The Bertz CT molecular complexity index is 2410. The normalized spacial score (nSPS) is 13.2. The summed E-state index contributed by atoms with van der Waals surface area (Å²) >= 11 is 13.0. The lowest BCUT2D eigenvalue weighted by Crippen LogP contribution is -2.17. The van der Waals surface area contributed by atoms with Gasteiger partial charge in [-0.05, 0) is 70.2 Å². The number of hydrogen-bond donors (Lipinski definition) is 0. The molecule has 0 spiro atoms. The molecule has 15 heteroatoms. The maximum absolute atomic E-state index is 15.0. The van der Waals surface area contributed by atoms with Gasteiger partial charge in [0.2, 0.25) is 0 Å². The topological polar surface area (TPSA) is 103 Å². The Hall–Kier alpha value is -5.53. The van der Waals surface area contributed by atoms with E-state index in [-0.39, 0.29) is 5.88 Å². The zero-order chi connectivity index (χ0) is 40.1. The summed E-state index contributed by atoms with van der Waals surface area (Å²) in [5.74, 6) is -0.470. The SMILES string of the molecule is C=C/C(F)=C\C=C(\c1nn(C)cc1Cc1cn(CC)nc1Cl)[C@@H](C)Oc1cccnc1O[C@H](C)c1cc(F)ccc1-c1nn(C)cc1Cc1cn(CC)nc1Cl. The Morgan fingerprint density at radius 2 is 1.48 bits per heavy atom. The molecule has 0 saturated carbocycles. The van der Waals surface area contributed by atoms with Crippen LogP contribution in [0.4, 0.5) is 8.78 Å². The Balaban J connectivity index is 1.30. The maximum atomic E-state index is 15.0. The van der Waals surface area contributed by atoms with Crippen LogP contribution in [0.3, 0.4) is 0 Å². The molecule has 0 aliphatic heterocycles. The van der Waals surface area contributed by atoms with Gasteiger partial charge in [0, 0.05) is 110 Å². The number of rotatable bonds is 16. The molecule has 0 aliphatic carbocycles. The van der Waals surface area contributed by atoms with Gasteiger partial charge in [0.25, 0.3) is 5.88 Å². The second kappa shape index (κ2) is 17.5. The third-order valence-corrected chi connectivity index (χ3v) is 9.79. The van der Waals surface area contributed by atoms with Crippen LogP contribution in [0, 0.1) is 5.82 Å². The molecule has 2 atom stereocenters. The van der Waals surface area contributed by atoms with Crippen LogP contribution < -0.4 is 9.47 Å². The molecule has 5 heterocycles. The summed E-state index contributed by atoms with van der Waals surface area (Å²) in [6, 6.07) is 7.98. The molecule has 0 aliphatic rings. The average Bonchev–Trinajstić information content (AvgIpc) is 3.94. The first kappa shape index (κ1) is 40.1. The van der Waals surface area contributed by atoms with E-state index in [1.807, 2.05) is 66.6 Å². The van der Waals surface area contributed by atoms with Gasteiger partial charge in [-0.25, -0.2) is 13.8 Å². The predicted molar refractivity (Wildman–Crippen MR) is 214 cm³/mol. The van der Waals surface area contributed by atoms with Crippen LogP contribution in [0.2, 0.25) is 10.3 Å². The lowest BCUT2D eigenvalue weighted by Gasteiger charge is -2.22. The molecule has 0 saturated heterocycles. The van der Waals surface area contributed by atoms with Crippen LogP contribution in [-0.2, 0) is 40.0 Å². The van der Waals surface area contributed by atoms with Crippen molar-refractivity contribution in [2.24, 2.45) is 14.1 Å². The van der Waals surface area contributed by atoms with Crippen LogP contribution in [0.15, 0.2) is 91.9 Å². The molecule has 292 valence electrons. The van der Waals surface area contributed by atoms with E-state index in [0.29, 0.717) is 70.1 Å². The van der Waals surface area contributed by atoms with Gasteiger partial charge < -0.3 is 9.47 Å². The number of nitrogens with zero attached hydrogens (tertiary/aromatic N) is 9. The molecular formula is C41H43Cl2F2N9O2. The molecular weight excluding hydrogens is 759 g/mol. The zero-order valence-electron chi connectivity index (χ0n) is 32.0. The quantitative estimate of drug-likeness (QED) is 0.0900. The minimum Gasteiger partial charge on any atom is -0.480 e. The highest BCUT2D eigenvalue weighted by Crippen LogP contribution is 2.37. The van der Waals surface area contributed by atoms with E-state index in [1.54, 1.807) is 49.2 Å². The standard InChI is InChI=1S/C41H43Cl2F2N9O2/c1-8-31(44)13-15-33(37-27(21-51(6)47-37)18-29-23-53(9-2)49-39(29)42)25(4)55-36-12-11-17-46-41(36)56-26(5)35-20-32(45)14-16-34(35)38-28(22-52(7)48-38)19-30-24-54(10-3)50-40(30)43/h8,11-17,20-26H,1,9-10,18-19H2,2-7H3/b31-13+,33-15+/t25-,26-/m1/s1. The van der Waals surface area contributed by atoms with E-state index in [1.165, 1.54) is 18.2 Å². The number of ether oxygens (including phenoxy) is 2. The Kier molecular flexibility index (Phi) is 12.6. The van der Waals surface area contributed by atoms with Crippen LogP contribution in [0.25, 0.3) is 16.8 Å². The van der Waals surface area contributed by atoms with Gasteiger partial charge in [-0.1, -0.05) is 35.9 Å². The van der Waals surface area contributed by atoms with Gasteiger partial charge >= 0.3 is 0 Å². The van der Waals surface area contributed by atoms with Crippen molar-refractivity contribution in [3.05, 3.63) is 142 Å². The first-order chi connectivity index (χ1) is 26.9. The summed E-state index contributed by atoms with van der Waals surface area (Å²) in [6.45, 7) is 12.5. The van der Waals surface area contributed by atoms with Crippen molar-refractivity contribution in [2.75, 3.05) is 0 Å². The highest BCUT2D eigenvalue weighted by atomic mass is 35.5. The largest absolute Gasteiger partial charge is 0.480 e. The van der Waals surface area contributed by atoms with Crippen LogP contribution in [0.5, 0.6) is 11.6 Å². The fraction of sp³-hybridized carbons (Fsp3) is 0.293. The number of pyridine rings is 1. The first-order valence-electron chi connectivity index (χ1n) is 18.1. The van der Waals surface area contributed by atoms with Gasteiger partial charge in [0.05, 0.1) is 11.4 Å². The third-order valence-electron chi connectivity index (χ3n) is 9.15. The minimum absolute atomic E-state index is 0.175. The van der Waals surface area contributed by atoms with Gasteiger partial charge in [-0.3, -0.25) is 18.7 Å². The van der Waals surface area contributed by atoms with Gasteiger partial charge in [-0.2, -0.15) is 20.4 Å². The van der Waals surface area contributed by atoms with Crippen molar-refractivity contribution < 1.29 is 18.3 Å². The molecule has 0 fully saturated rings. The molecule has 6 rings (SSSR count). The first-order valence-corrected chi connectivity index (χ1v) is 18.9. The lowest BCUT2D eigenvalue weighted by molar-refractivity contribution is 0.192. The fourth-order valence-corrected chi connectivity index (χ4v) is 6.85. The van der Waals surface area contributed by atoms with Crippen LogP contribution in [-0.4, -0.2) is 50.2 Å². The molecule has 56 heavy (non-hydrogen) atoms. The molecule has 0 radical (unpaired) electrons. The summed E-state index contributed by atoms with van der Waals surface area (Å²) in [4.78, 5) is 4.50. The third kappa shape index (κ3) is 9.11. The molecule has 6 aromatic rings. The van der Waals surface area contributed by atoms with E-state index in [9.17, 15) is 8.78 Å². The van der Waals surface area contributed by atoms with E-state index >= 15 is 0 Å². The number of halogens is 4. The van der Waals surface area contributed by atoms with Gasteiger partial charge in [0.15, 0.2) is 16.1 Å². The average molecular weight is 803 g/mol. The lowest BCUT2D eigenvalue weighted by atomic mass is 9.96. The Morgan fingerprint density at radius 3 is 2.12 bits per heavy atom. The molecule has 5 aromatic heterocycles. The molecule has 0 unspecified atom stereocenters. The van der Waals surface area contributed by atoms with Crippen LogP contribution >= 0.6 is 23.2 Å². The molecule has 0 amide bonds. The maximum Gasteiger partial charge on any atom is 0.257 e. The zero-order valence-corrected chi connectivity index (χ0v) is 33.6. The smallest absolute Gasteiger partial charge is 0.257 e. The van der Waals surface area contributed by atoms with E-state index in [4.69, 9.17) is 42.9 Å². The van der Waals surface area contributed by atoms with Crippen molar-refractivity contribution in [1.29, 1.82) is 0 Å². The second-order valence-corrected chi connectivity index (χ2v) is 14.0. The summed E-state index contributed by atoms with van der Waals surface area (Å²) < 4.78 is 49.4. The molecule has 1 aromatic carbocycles. The highest BCUT2D eigenvalue weighted by Gasteiger charge is 2.25. The van der Waals surface area contributed by atoms with Crippen molar-refractivity contribution in [3.63, 3.8) is 0 Å². The number of hydrogen-bond acceptors (Lipinski definition) is 7. The van der Waals surface area contributed by atoms with Crippen molar-refractivity contribution >= 4 is 28.8 Å². The molecule has 0 N–H and O–H groups in total. The van der Waals surface area contributed by atoms with Crippen LogP contribution in [0.1, 0.15) is 67.3 Å². The summed E-state index contributed by atoms with van der Waals surface area (Å²) in [7, 11) is 3.64. The number of allylic oxidation sites excluding steroid dienone is 4. The van der Waals surface area contributed by atoms with Gasteiger partial charge in [-0.15, -0.1) is 0 Å². The summed E-state index contributed by atoms with van der Waals surface area (Å²) in [5, 5.41) is 19.1. The second-order valence-electron chi connectivity index (χ2n) is 13.2. The van der Waals surface area contributed by atoms with Crippen molar-refractivity contribution in [2.45, 2.75) is 65.8 Å². The predicted octanol–water partition coefficient (Wildman–Crippen LogP) is 9.31. The molecule has 0 bridgehead atoms.